The second-order valence-corrected chi connectivity index (χ2v) is 14.5. The largest absolute Gasteiger partial charge is 0.497 e. The maximum absolute atomic E-state index is 13.7. The van der Waals surface area contributed by atoms with E-state index in [0.717, 1.165) is 11.1 Å². The fourth-order valence-electron chi connectivity index (χ4n) is 6.68. The molecule has 0 saturated carbocycles. The molecule has 0 bridgehead atoms. The molecule has 12 heteroatoms. The van der Waals surface area contributed by atoms with Crippen LogP contribution in [0.1, 0.15) is 73.6 Å². The zero-order valence-corrected chi connectivity index (χ0v) is 32.4. The molecule has 6 rings (SSSR count). The minimum absolute atomic E-state index is 0.0447. The Kier molecular flexibility index (Phi) is 13.9. The highest BCUT2D eigenvalue weighted by molar-refractivity contribution is 6.45. The molecule has 0 unspecified atom stereocenters. The minimum atomic E-state index is -0.782. The number of ether oxygens (including phenoxy) is 1. The van der Waals surface area contributed by atoms with Gasteiger partial charge in [-0.05, 0) is 60.9 Å². The number of fused-ring (bicyclic) bond motifs is 2. The topological polar surface area (TPSA) is 134 Å². The van der Waals surface area contributed by atoms with E-state index in [2.05, 4.69) is 10.5 Å². The predicted molar refractivity (Wildman–Crippen MR) is 219 cm³/mol. The number of methoxy groups -OCH3 is 1. The summed E-state index contributed by atoms with van der Waals surface area (Å²) in [6, 6.07) is 28.0. The van der Waals surface area contributed by atoms with Crippen molar-refractivity contribution in [3.63, 3.8) is 0 Å². The van der Waals surface area contributed by atoms with Gasteiger partial charge in [0.2, 0.25) is 0 Å². The van der Waals surface area contributed by atoms with Crippen molar-refractivity contribution in [2.24, 2.45) is 11.8 Å². The van der Waals surface area contributed by atoms with Crippen molar-refractivity contribution in [2.45, 2.75) is 66.3 Å². The van der Waals surface area contributed by atoms with Crippen LogP contribution in [0.5, 0.6) is 5.75 Å². The maximum atomic E-state index is 13.7. The van der Waals surface area contributed by atoms with Gasteiger partial charge >= 0.3 is 14.1 Å². The van der Waals surface area contributed by atoms with Gasteiger partial charge in [-0.2, -0.15) is 0 Å². The molecule has 0 aliphatic rings. The van der Waals surface area contributed by atoms with E-state index in [1.54, 1.807) is 39.0 Å². The van der Waals surface area contributed by atoms with Gasteiger partial charge in [-0.15, -0.1) is 0 Å². The Balaban J connectivity index is 0.000000211. The zero-order valence-electron chi connectivity index (χ0n) is 32.4. The Bertz CT molecular complexity index is 2310. The van der Waals surface area contributed by atoms with E-state index < -0.39 is 19.9 Å². The van der Waals surface area contributed by atoms with E-state index in [1.807, 2.05) is 88.4 Å². The molecule has 6 aromatic rings. The van der Waals surface area contributed by atoms with Gasteiger partial charge in [-0.3, -0.25) is 9.59 Å². The van der Waals surface area contributed by atoms with E-state index in [4.69, 9.17) is 13.6 Å². The van der Waals surface area contributed by atoms with Crippen LogP contribution < -0.4 is 26.1 Å². The first-order chi connectivity index (χ1) is 26.3. The second-order valence-electron chi connectivity index (χ2n) is 14.5. The first-order valence-electron chi connectivity index (χ1n) is 18.6. The molecule has 0 amide bonds. The highest BCUT2D eigenvalue weighted by Crippen LogP contribution is 2.31. The Morgan fingerprint density at radius 3 is 1.47 bits per heavy atom. The van der Waals surface area contributed by atoms with Crippen molar-refractivity contribution in [3.8, 4) is 5.75 Å². The highest BCUT2D eigenvalue weighted by Gasteiger charge is 2.28. The number of benzene rings is 4. The Morgan fingerprint density at radius 2 is 1.07 bits per heavy atom. The summed E-state index contributed by atoms with van der Waals surface area (Å²) in [4.78, 5) is 26.6. The van der Waals surface area contributed by atoms with Gasteiger partial charge in [0.15, 0.2) is 10.9 Å². The van der Waals surface area contributed by atoms with Gasteiger partial charge in [0.25, 0.3) is 0 Å². The molecule has 0 aliphatic carbocycles. The number of halogens is 1. The molecule has 2 aromatic heterocycles. The van der Waals surface area contributed by atoms with Gasteiger partial charge < -0.3 is 34.1 Å². The molecule has 0 saturated heterocycles. The SMILES string of the molecule is CB(O)N[C@@H](c1oc2cc(F)ccc2c(=O)c1Cc1ccccc1)C(C)C.COc1ccc2c(=O)c(Cc3ccccc3)c([C@H](NB(C)O)C(C)C)oc2c1. The van der Waals surface area contributed by atoms with E-state index in [-0.39, 0.29) is 40.4 Å². The molecule has 9 nitrogen and oxygen atoms in total. The molecule has 4 N–H and O–H groups in total. The average Bonchev–Trinajstić information content (AvgIpc) is 3.15. The molecular weight excluding hydrogens is 697 g/mol. The maximum Gasteiger partial charge on any atom is 0.374 e. The second kappa shape index (κ2) is 18.6. The van der Waals surface area contributed by atoms with Crippen LogP contribution in [0.2, 0.25) is 13.6 Å². The molecule has 2 heterocycles. The number of hydrogen-bond acceptors (Lipinski definition) is 9. The Hall–Kier alpha value is -5.00. The normalized spacial score (nSPS) is 12.4. The minimum Gasteiger partial charge on any atom is -0.497 e. The van der Waals surface area contributed by atoms with Crippen molar-refractivity contribution in [1.29, 1.82) is 0 Å². The highest BCUT2D eigenvalue weighted by atomic mass is 19.1. The lowest BCUT2D eigenvalue weighted by Gasteiger charge is -2.24. The lowest BCUT2D eigenvalue weighted by atomic mass is 9.83. The van der Waals surface area contributed by atoms with Crippen molar-refractivity contribution in [2.75, 3.05) is 7.11 Å². The molecule has 0 spiro atoms. The van der Waals surface area contributed by atoms with Crippen LogP contribution >= 0.6 is 0 Å². The van der Waals surface area contributed by atoms with Crippen LogP contribution in [0.4, 0.5) is 4.39 Å². The molecular formula is C43H49B2FN2O7. The van der Waals surface area contributed by atoms with Gasteiger partial charge in [-0.25, -0.2) is 4.39 Å². The average molecular weight is 746 g/mol. The summed E-state index contributed by atoms with van der Waals surface area (Å²) in [6.45, 7) is 11.3. The molecule has 55 heavy (non-hydrogen) atoms. The van der Waals surface area contributed by atoms with E-state index in [9.17, 15) is 24.0 Å². The van der Waals surface area contributed by atoms with E-state index in [0.29, 0.717) is 57.6 Å². The Labute approximate surface area is 321 Å². The third kappa shape index (κ3) is 10.2. The quantitative estimate of drug-likeness (QED) is 0.0878. The van der Waals surface area contributed by atoms with E-state index in [1.165, 1.54) is 18.2 Å². The third-order valence-electron chi connectivity index (χ3n) is 9.39. The van der Waals surface area contributed by atoms with Crippen LogP contribution in [0.3, 0.4) is 0 Å². The summed E-state index contributed by atoms with van der Waals surface area (Å²) in [5.74, 6) is 1.32. The molecule has 0 aliphatic heterocycles. The number of nitrogens with one attached hydrogen (secondary N) is 2. The summed E-state index contributed by atoms with van der Waals surface area (Å²) < 4.78 is 31.3. The lowest BCUT2D eigenvalue weighted by molar-refractivity contribution is 0.366. The fourth-order valence-corrected chi connectivity index (χ4v) is 6.68. The molecule has 0 fully saturated rings. The number of rotatable bonds is 13. The van der Waals surface area contributed by atoms with Crippen LogP contribution in [0, 0.1) is 17.7 Å². The van der Waals surface area contributed by atoms with Gasteiger partial charge in [0.1, 0.15) is 34.3 Å². The first-order valence-corrected chi connectivity index (χ1v) is 18.6. The first kappa shape index (κ1) is 41.2. The lowest BCUT2D eigenvalue weighted by Crippen LogP contribution is -2.38. The summed E-state index contributed by atoms with van der Waals surface area (Å²) in [7, 11) is 0.0642. The van der Waals surface area contributed by atoms with Crippen molar-refractivity contribution in [3.05, 3.63) is 157 Å². The van der Waals surface area contributed by atoms with Crippen LogP contribution in [-0.2, 0) is 12.8 Å². The van der Waals surface area contributed by atoms with Crippen LogP contribution in [0.25, 0.3) is 21.9 Å². The summed E-state index contributed by atoms with van der Waals surface area (Å²) in [5, 5.41) is 26.8. The summed E-state index contributed by atoms with van der Waals surface area (Å²) >= 11 is 0. The van der Waals surface area contributed by atoms with Crippen molar-refractivity contribution < 1.29 is 28.0 Å². The predicted octanol–water partition coefficient (Wildman–Crippen LogP) is 7.71. The smallest absolute Gasteiger partial charge is 0.374 e. The van der Waals surface area contributed by atoms with Gasteiger partial charge in [0, 0.05) is 36.1 Å². The zero-order chi connectivity index (χ0) is 39.8. The monoisotopic (exact) mass is 746 g/mol. The van der Waals surface area contributed by atoms with Crippen LogP contribution in [0.15, 0.2) is 115 Å². The third-order valence-corrected chi connectivity index (χ3v) is 9.39. The Morgan fingerprint density at radius 1 is 0.655 bits per heavy atom. The molecule has 4 aromatic carbocycles. The van der Waals surface area contributed by atoms with E-state index >= 15 is 0 Å². The fraction of sp³-hybridized carbons (Fsp3) is 0.302. The van der Waals surface area contributed by atoms with Crippen molar-refractivity contribution >= 4 is 36.0 Å². The summed E-state index contributed by atoms with van der Waals surface area (Å²) in [6.07, 6.45) is 0.863. The molecule has 2 atom stereocenters. The molecule has 286 valence electrons. The molecule has 0 radical (unpaired) electrons. The van der Waals surface area contributed by atoms with Crippen molar-refractivity contribution in [1.82, 2.24) is 10.5 Å². The summed E-state index contributed by atoms with van der Waals surface area (Å²) in [5.41, 5.74) is 3.60. The van der Waals surface area contributed by atoms with Crippen LogP contribution in [-0.4, -0.2) is 31.3 Å². The standard InChI is InChI=1S/C22H26BNO4.C21H23BFNO3/c1-14(2)20(24-23(3)26)22-18(12-15-8-6-5-7-9-15)21(25)17-11-10-16(27-4)13-19(17)28-22;1-13(2)19(24-22(3)26)21-17(11-14-7-5-4-6-8-14)20(25)16-10-9-15(23)12-18(16)27-21/h5-11,13-14,20,24,26H,12H2,1-4H3;4-10,12-13,19,24,26H,11H2,1-3H3/t20-;19-/m11/s1. The van der Waals surface area contributed by atoms with Gasteiger partial charge in [-0.1, -0.05) is 88.4 Å². The number of hydrogen-bond donors (Lipinski definition) is 4. The van der Waals surface area contributed by atoms with Gasteiger partial charge in [0.05, 0.1) is 30.0 Å².